The Labute approximate surface area is 122 Å². The summed E-state index contributed by atoms with van der Waals surface area (Å²) in [5.41, 5.74) is 5.55. The van der Waals surface area contributed by atoms with Crippen LogP contribution in [0.5, 0.6) is 0 Å². The fourth-order valence-electron chi connectivity index (χ4n) is 3.33. The van der Waals surface area contributed by atoms with Crippen molar-refractivity contribution >= 4 is 17.5 Å². The molecule has 1 aromatic rings. The van der Waals surface area contributed by atoms with Crippen LogP contribution < -0.4 is 4.90 Å². The van der Waals surface area contributed by atoms with Crippen molar-refractivity contribution in [1.82, 2.24) is 0 Å². The van der Waals surface area contributed by atoms with E-state index < -0.39 is 0 Å². The van der Waals surface area contributed by atoms with E-state index in [4.69, 9.17) is 0 Å². The summed E-state index contributed by atoms with van der Waals surface area (Å²) >= 11 is 0. The number of hydrogen-bond acceptors (Lipinski definition) is 2. The normalized spacial score (nSPS) is 18.3. The fraction of sp³-hybridized carbons (Fsp3) is 0.500. The average molecular weight is 271 g/mol. The molecule has 2 nitrogen and oxygen atoms in total. The molecule has 20 heavy (non-hydrogen) atoms. The number of nitrogens with zero attached hydrogens (tertiary/aromatic N) is 1. The topological polar surface area (TPSA) is 20.3 Å². The van der Waals surface area contributed by atoms with Gasteiger partial charge < -0.3 is 4.90 Å². The van der Waals surface area contributed by atoms with E-state index >= 15 is 0 Å². The molecular formula is C18H25NO. The van der Waals surface area contributed by atoms with E-state index in [0.29, 0.717) is 6.04 Å². The second kappa shape index (κ2) is 5.08. The smallest absolute Gasteiger partial charge is 0.150 e. The van der Waals surface area contributed by atoms with Gasteiger partial charge in [-0.3, -0.25) is 4.79 Å². The maximum Gasteiger partial charge on any atom is 0.150 e. The molecule has 0 fully saturated rings. The summed E-state index contributed by atoms with van der Waals surface area (Å²) < 4.78 is 0. The van der Waals surface area contributed by atoms with Crippen molar-refractivity contribution in [2.75, 3.05) is 4.90 Å². The Kier molecular flexibility index (Phi) is 3.77. The zero-order chi connectivity index (χ0) is 15.1. The lowest BCUT2D eigenvalue weighted by atomic mass is 9.85. The highest BCUT2D eigenvalue weighted by molar-refractivity contribution is 5.87. The molecule has 0 aromatic heterocycles. The van der Waals surface area contributed by atoms with E-state index in [1.807, 2.05) is 13.0 Å². The lowest BCUT2D eigenvalue weighted by molar-refractivity contribution is 0.112. The van der Waals surface area contributed by atoms with Gasteiger partial charge in [-0.25, -0.2) is 0 Å². The lowest BCUT2D eigenvalue weighted by Crippen LogP contribution is -2.50. The Balaban J connectivity index is 2.70. The number of anilines is 1. The summed E-state index contributed by atoms with van der Waals surface area (Å²) in [4.78, 5) is 13.7. The second-order valence-electron chi connectivity index (χ2n) is 6.45. The number of rotatable bonds is 3. The highest BCUT2D eigenvalue weighted by Gasteiger charge is 2.34. The predicted molar refractivity (Wildman–Crippen MR) is 86.5 cm³/mol. The number of carbonyl (C=O) groups is 1. The van der Waals surface area contributed by atoms with Gasteiger partial charge in [0.2, 0.25) is 0 Å². The molecule has 1 aliphatic rings. The van der Waals surface area contributed by atoms with Crippen molar-refractivity contribution < 1.29 is 4.79 Å². The van der Waals surface area contributed by atoms with Crippen LogP contribution in [0.1, 0.15) is 62.5 Å². The minimum absolute atomic E-state index is 0.00163. The monoisotopic (exact) mass is 271 g/mol. The molecule has 0 amide bonds. The van der Waals surface area contributed by atoms with Crippen LogP contribution in [-0.4, -0.2) is 17.9 Å². The Morgan fingerprint density at radius 2 is 1.95 bits per heavy atom. The van der Waals surface area contributed by atoms with E-state index in [1.165, 1.54) is 16.8 Å². The third-order valence-corrected chi connectivity index (χ3v) is 4.42. The standard InChI is InChI=1S/C18H25NO/c1-7-14(4)19-17-8-12(2)15(11-20)9-16(17)13(3)10-18(19,5)6/h8-11,14H,7H2,1-6H3/t14-/m0/s1. The fourth-order valence-corrected chi connectivity index (χ4v) is 3.33. The molecule has 0 N–H and O–H groups in total. The van der Waals surface area contributed by atoms with Gasteiger partial charge in [0.05, 0.1) is 5.54 Å². The Morgan fingerprint density at radius 1 is 1.30 bits per heavy atom. The summed E-state index contributed by atoms with van der Waals surface area (Å²) in [7, 11) is 0. The van der Waals surface area contributed by atoms with Crippen LogP contribution in [0.15, 0.2) is 18.2 Å². The van der Waals surface area contributed by atoms with Crippen molar-refractivity contribution in [3.05, 3.63) is 34.9 Å². The number of fused-ring (bicyclic) bond motifs is 1. The van der Waals surface area contributed by atoms with E-state index in [1.54, 1.807) is 0 Å². The highest BCUT2D eigenvalue weighted by atomic mass is 16.1. The molecule has 1 heterocycles. The Bertz CT molecular complexity index is 569. The second-order valence-corrected chi connectivity index (χ2v) is 6.45. The summed E-state index contributed by atoms with van der Waals surface area (Å²) in [6, 6.07) is 4.67. The van der Waals surface area contributed by atoms with Crippen LogP contribution >= 0.6 is 0 Å². The molecule has 0 unspecified atom stereocenters. The molecule has 1 atom stereocenters. The summed E-state index contributed by atoms with van der Waals surface area (Å²) in [6.07, 6.45) is 4.37. The number of allylic oxidation sites excluding steroid dienone is 1. The number of aryl methyl sites for hydroxylation is 1. The molecule has 0 saturated heterocycles. The highest BCUT2D eigenvalue weighted by Crippen LogP contribution is 2.41. The zero-order valence-electron chi connectivity index (χ0n) is 13.4. The minimum Gasteiger partial charge on any atom is -0.360 e. The van der Waals surface area contributed by atoms with E-state index in [-0.39, 0.29) is 5.54 Å². The molecule has 108 valence electrons. The Hall–Kier alpha value is -1.57. The van der Waals surface area contributed by atoms with Gasteiger partial charge in [-0.05, 0) is 64.3 Å². The maximum atomic E-state index is 11.2. The quantitative estimate of drug-likeness (QED) is 0.748. The van der Waals surface area contributed by atoms with Gasteiger partial charge in [-0.2, -0.15) is 0 Å². The van der Waals surface area contributed by atoms with Gasteiger partial charge in [0.25, 0.3) is 0 Å². The van der Waals surface area contributed by atoms with Crippen molar-refractivity contribution in [2.45, 2.75) is 59.5 Å². The van der Waals surface area contributed by atoms with Gasteiger partial charge in [0.1, 0.15) is 6.29 Å². The van der Waals surface area contributed by atoms with Crippen LogP contribution in [0.2, 0.25) is 0 Å². The summed E-state index contributed by atoms with van der Waals surface area (Å²) in [6.45, 7) is 13.2. The van der Waals surface area contributed by atoms with E-state index in [0.717, 1.165) is 23.8 Å². The van der Waals surface area contributed by atoms with Gasteiger partial charge in [-0.15, -0.1) is 0 Å². The first-order valence-corrected chi connectivity index (χ1v) is 7.40. The molecule has 0 radical (unpaired) electrons. The predicted octanol–water partition coefficient (Wildman–Crippen LogP) is 4.61. The molecule has 2 rings (SSSR count). The van der Waals surface area contributed by atoms with E-state index in [2.05, 4.69) is 51.7 Å². The number of aldehydes is 1. The largest absolute Gasteiger partial charge is 0.360 e. The first-order valence-electron chi connectivity index (χ1n) is 7.40. The van der Waals surface area contributed by atoms with Crippen LogP contribution in [0.3, 0.4) is 0 Å². The van der Waals surface area contributed by atoms with Crippen LogP contribution in [0.4, 0.5) is 5.69 Å². The van der Waals surface area contributed by atoms with Gasteiger partial charge in [0, 0.05) is 22.9 Å². The molecule has 0 saturated carbocycles. The van der Waals surface area contributed by atoms with Gasteiger partial charge in [-0.1, -0.05) is 13.0 Å². The first-order chi connectivity index (χ1) is 9.31. The minimum atomic E-state index is 0.00163. The molecule has 0 bridgehead atoms. The Morgan fingerprint density at radius 3 is 2.50 bits per heavy atom. The van der Waals surface area contributed by atoms with Crippen LogP contribution in [0.25, 0.3) is 5.57 Å². The third-order valence-electron chi connectivity index (χ3n) is 4.42. The molecule has 2 heteroatoms. The molecular weight excluding hydrogens is 246 g/mol. The number of benzene rings is 1. The number of hydrogen-bond donors (Lipinski definition) is 0. The summed E-state index contributed by atoms with van der Waals surface area (Å²) in [5.74, 6) is 0. The van der Waals surface area contributed by atoms with Crippen LogP contribution in [-0.2, 0) is 0 Å². The lowest BCUT2D eigenvalue weighted by Gasteiger charge is -2.47. The van der Waals surface area contributed by atoms with Gasteiger partial charge in [0.15, 0.2) is 0 Å². The van der Waals surface area contributed by atoms with Crippen LogP contribution in [0, 0.1) is 6.92 Å². The molecule has 1 aromatic carbocycles. The first kappa shape index (κ1) is 14.8. The third kappa shape index (κ3) is 2.28. The molecule has 0 aliphatic carbocycles. The van der Waals surface area contributed by atoms with Crippen molar-refractivity contribution in [1.29, 1.82) is 0 Å². The zero-order valence-corrected chi connectivity index (χ0v) is 13.4. The van der Waals surface area contributed by atoms with Crippen molar-refractivity contribution in [3.63, 3.8) is 0 Å². The van der Waals surface area contributed by atoms with E-state index in [9.17, 15) is 4.79 Å². The maximum absolute atomic E-state index is 11.2. The summed E-state index contributed by atoms with van der Waals surface area (Å²) in [5, 5.41) is 0. The number of carbonyl (C=O) groups excluding carboxylic acids is 1. The van der Waals surface area contributed by atoms with Crippen molar-refractivity contribution in [3.8, 4) is 0 Å². The van der Waals surface area contributed by atoms with Gasteiger partial charge >= 0.3 is 0 Å². The SMILES string of the molecule is CC[C@H](C)N1c2cc(C)c(C=O)cc2C(C)=CC1(C)C. The van der Waals surface area contributed by atoms with Crippen molar-refractivity contribution in [2.24, 2.45) is 0 Å². The molecule has 0 spiro atoms. The molecule has 1 aliphatic heterocycles. The average Bonchev–Trinajstić information content (AvgIpc) is 2.36.